The maximum Gasteiger partial charge on any atom is 0.238 e. The first kappa shape index (κ1) is 18.0. The van der Waals surface area contributed by atoms with Crippen LogP contribution in [0.3, 0.4) is 0 Å². The SMILES string of the molecule is CCN(CC(=O)Nc1cccc(OC)c1)Cc1cc(C)ccc1C. The lowest BCUT2D eigenvalue weighted by Crippen LogP contribution is -2.33. The van der Waals surface area contributed by atoms with Crippen molar-refractivity contribution in [2.75, 3.05) is 25.5 Å². The lowest BCUT2D eigenvalue weighted by molar-refractivity contribution is -0.117. The summed E-state index contributed by atoms with van der Waals surface area (Å²) in [5.41, 5.74) is 4.52. The molecule has 2 aromatic rings. The Morgan fingerprint density at radius 1 is 1.17 bits per heavy atom. The van der Waals surface area contributed by atoms with E-state index >= 15 is 0 Å². The molecule has 2 aromatic carbocycles. The van der Waals surface area contributed by atoms with Crippen molar-refractivity contribution in [3.05, 3.63) is 59.2 Å². The highest BCUT2D eigenvalue weighted by molar-refractivity contribution is 5.92. The number of nitrogens with zero attached hydrogens (tertiary/aromatic N) is 1. The van der Waals surface area contributed by atoms with Gasteiger partial charge in [0.05, 0.1) is 13.7 Å². The average Bonchev–Trinajstić information content (AvgIpc) is 2.57. The van der Waals surface area contributed by atoms with E-state index in [1.807, 2.05) is 24.3 Å². The summed E-state index contributed by atoms with van der Waals surface area (Å²) in [7, 11) is 1.62. The molecule has 0 bridgehead atoms. The number of benzene rings is 2. The van der Waals surface area contributed by atoms with Crippen LogP contribution in [0.5, 0.6) is 5.75 Å². The van der Waals surface area contributed by atoms with Gasteiger partial charge in [0.25, 0.3) is 0 Å². The number of carbonyl (C=O) groups is 1. The number of hydrogen-bond acceptors (Lipinski definition) is 3. The molecule has 0 aliphatic rings. The molecule has 128 valence electrons. The van der Waals surface area contributed by atoms with Gasteiger partial charge in [0, 0.05) is 18.3 Å². The molecule has 0 aromatic heterocycles. The zero-order valence-electron chi connectivity index (χ0n) is 14.9. The summed E-state index contributed by atoms with van der Waals surface area (Å²) >= 11 is 0. The maximum absolute atomic E-state index is 12.3. The molecule has 0 aliphatic carbocycles. The van der Waals surface area contributed by atoms with Gasteiger partial charge in [0.1, 0.15) is 5.75 Å². The highest BCUT2D eigenvalue weighted by Crippen LogP contribution is 2.17. The van der Waals surface area contributed by atoms with Crippen molar-refractivity contribution in [1.29, 1.82) is 0 Å². The largest absolute Gasteiger partial charge is 0.497 e. The zero-order chi connectivity index (χ0) is 17.5. The predicted molar refractivity (Wildman–Crippen MR) is 98.5 cm³/mol. The number of carbonyl (C=O) groups excluding carboxylic acids is 1. The minimum Gasteiger partial charge on any atom is -0.497 e. The summed E-state index contributed by atoms with van der Waals surface area (Å²) in [5.74, 6) is 0.714. The molecule has 0 radical (unpaired) electrons. The van der Waals surface area contributed by atoms with Crippen LogP contribution in [0, 0.1) is 13.8 Å². The molecule has 4 nitrogen and oxygen atoms in total. The molecule has 1 N–H and O–H groups in total. The second kappa shape index (κ2) is 8.50. The Morgan fingerprint density at radius 3 is 2.67 bits per heavy atom. The molecular weight excluding hydrogens is 300 g/mol. The number of anilines is 1. The van der Waals surface area contributed by atoms with Crippen molar-refractivity contribution < 1.29 is 9.53 Å². The third kappa shape index (κ3) is 5.10. The lowest BCUT2D eigenvalue weighted by atomic mass is 10.1. The minimum atomic E-state index is -0.0181. The van der Waals surface area contributed by atoms with Crippen LogP contribution >= 0.6 is 0 Å². The van der Waals surface area contributed by atoms with Crippen molar-refractivity contribution in [3.8, 4) is 5.75 Å². The molecule has 0 spiro atoms. The predicted octanol–water partition coefficient (Wildman–Crippen LogP) is 3.77. The topological polar surface area (TPSA) is 41.6 Å². The summed E-state index contributed by atoms with van der Waals surface area (Å²) in [6.45, 7) is 8.23. The van der Waals surface area contributed by atoms with Crippen LogP contribution in [-0.4, -0.2) is 31.0 Å². The average molecular weight is 326 g/mol. The Hall–Kier alpha value is -2.33. The van der Waals surface area contributed by atoms with Crippen LogP contribution in [0.25, 0.3) is 0 Å². The van der Waals surface area contributed by atoms with Crippen LogP contribution in [-0.2, 0) is 11.3 Å². The van der Waals surface area contributed by atoms with Crippen LogP contribution in [0.4, 0.5) is 5.69 Å². The first-order chi connectivity index (χ1) is 11.5. The van der Waals surface area contributed by atoms with Crippen LogP contribution in [0.15, 0.2) is 42.5 Å². The number of rotatable bonds is 7. The Bertz CT molecular complexity index is 698. The van der Waals surface area contributed by atoms with Crippen LogP contribution < -0.4 is 10.1 Å². The van der Waals surface area contributed by atoms with E-state index < -0.39 is 0 Å². The quantitative estimate of drug-likeness (QED) is 0.842. The van der Waals surface area contributed by atoms with E-state index in [9.17, 15) is 4.79 Å². The van der Waals surface area contributed by atoms with E-state index in [-0.39, 0.29) is 5.91 Å². The zero-order valence-corrected chi connectivity index (χ0v) is 14.9. The molecule has 0 atom stereocenters. The summed E-state index contributed by atoms with van der Waals surface area (Å²) in [5, 5.41) is 2.93. The van der Waals surface area contributed by atoms with Gasteiger partial charge in [-0.05, 0) is 43.7 Å². The van der Waals surface area contributed by atoms with Gasteiger partial charge in [-0.15, -0.1) is 0 Å². The van der Waals surface area contributed by atoms with E-state index in [1.54, 1.807) is 7.11 Å². The number of likely N-dealkylation sites (N-methyl/N-ethyl adjacent to an activating group) is 1. The fourth-order valence-electron chi connectivity index (χ4n) is 2.60. The maximum atomic E-state index is 12.3. The molecule has 4 heteroatoms. The lowest BCUT2D eigenvalue weighted by Gasteiger charge is -2.21. The van der Waals surface area contributed by atoms with Gasteiger partial charge in [-0.3, -0.25) is 9.69 Å². The molecule has 0 fully saturated rings. The van der Waals surface area contributed by atoms with Gasteiger partial charge in [-0.2, -0.15) is 0 Å². The Morgan fingerprint density at radius 2 is 1.96 bits per heavy atom. The molecule has 24 heavy (non-hydrogen) atoms. The molecular formula is C20H26N2O2. The fraction of sp³-hybridized carbons (Fsp3) is 0.350. The van der Waals surface area contributed by atoms with Gasteiger partial charge < -0.3 is 10.1 Å². The molecule has 0 aliphatic heterocycles. The molecule has 0 saturated carbocycles. The second-order valence-electron chi connectivity index (χ2n) is 6.01. The standard InChI is InChI=1S/C20H26N2O2/c1-5-22(13-17-11-15(2)9-10-16(17)3)14-20(23)21-18-7-6-8-19(12-18)24-4/h6-12H,5,13-14H2,1-4H3,(H,21,23). The second-order valence-corrected chi connectivity index (χ2v) is 6.01. The van der Waals surface area contributed by atoms with Gasteiger partial charge in [0.15, 0.2) is 0 Å². The summed E-state index contributed by atoms with van der Waals surface area (Å²) in [6.07, 6.45) is 0. The summed E-state index contributed by atoms with van der Waals surface area (Å²) < 4.78 is 5.18. The Kier molecular flexibility index (Phi) is 6.38. The normalized spacial score (nSPS) is 10.7. The summed E-state index contributed by atoms with van der Waals surface area (Å²) in [6, 6.07) is 13.8. The van der Waals surface area contributed by atoms with E-state index in [4.69, 9.17) is 4.74 Å². The minimum absolute atomic E-state index is 0.0181. The van der Waals surface area contributed by atoms with E-state index in [0.717, 1.165) is 24.5 Å². The third-order valence-electron chi connectivity index (χ3n) is 4.07. The number of aryl methyl sites for hydroxylation is 2. The van der Waals surface area contributed by atoms with Crippen molar-refractivity contribution in [2.24, 2.45) is 0 Å². The Balaban J connectivity index is 1.98. The third-order valence-corrected chi connectivity index (χ3v) is 4.07. The van der Waals surface area contributed by atoms with Gasteiger partial charge in [-0.25, -0.2) is 0 Å². The van der Waals surface area contributed by atoms with Gasteiger partial charge in [0.2, 0.25) is 5.91 Å². The summed E-state index contributed by atoms with van der Waals surface area (Å²) in [4.78, 5) is 14.5. The molecule has 2 rings (SSSR count). The number of amides is 1. The monoisotopic (exact) mass is 326 g/mol. The number of nitrogens with one attached hydrogen (secondary N) is 1. The van der Waals surface area contributed by atoms with Crippen molar-refractivity contribution >= 4 is 11.6 Å². The molecule has 1 amide bonds. The molecule has 0 unspecified atom stereocenters. The molecule has 0 heterocycles. The van der Waals surface area contributed by atoms with Gasteiger partial charge in [-0.1, -0.05) is 36.8 Å². The number of ether oxygens (including phenoxy) is 1. The number of methoxy groups -OCH3 is 1. The van der Waals surface area contributed by atoms with E-state index in [1.165, 1.54) is 16.7 Å². The van der Waals surface area contributed by atoms with Gasteiger partial charge >= 0.3 is 0 Å². The van der Waals surface area contributed by atoms with Crippen LogP contribution in [0.2, 0.25) is 0 Å². The van der Waals surface area contributed by atoms with Crippen LogP contribution in [0.1, 0.15) is 23.6 Å². The first-order valence-electron chi connectivity index (χ1n) is 8.24. The first-order valence-corrected chi connectivity index (χ1v) is 8.24. The smallest absolute Gasteiger partial charge is 0.238 e. The molecule has 0 saturated heterocycles. The van der Waals surface area contributed by atoms with E-state index in [2.05, 4.69) is 49.2 Å². The number of hydrogen-bond donors (Lipinski definition) is 1. The highest BCUT2D eigenvalue weighted by Gasteiger charge is 2.11. The van der Waals surface area contributed by atoms with E-state index in [0.29, 0.717) is 6.54 Å². The van der Waals surface area contributed by atoms with Crippen molar-refractivity contribution in [3.63, 3.8) is 0 Å². The fourth-order valence-corrected chi connectivity index (χ4v) is 2.60. The van der Waals surface area contributed by atoms with Crippen molar-refractivity contribution in [2.45, 2.75) is 27.3 Å². The highest BCUT2D eigenvalue weighted by atomic mass is 16.5. The van der Waals surface area contributed by atoms with Crippen molar-refractivity contribution in [1.82, 2.24) is 4.90 Å². The Labute approximate surface area is 144 Å².